The Morgan fingerprint density at radius 1 is 1.38 bits per heavy atom. The number of nitrogens with zero attached hydrogens (tertiary/aromatic N) is 2. The molecule has 6 nitrogen and oxygen atoms in total. The maximum Gasteiger partial charge on any atom is 0.358 e. The van der Waals surface area contributed by atoms with Crippen LogP contribution in [0.15, 0.2) is 6.07 Å². The molecule has 0 spiro atoms. The van der Waals surface area contributed by atoms with E-state index in [4.69, 9.17) is 4.74 Å². The summed E-state index contributed by atoms with van der Waals surface area (Å²) in [4.78, 5) is 11.2. The van der Waals surface area contributed by atoms with Gasteiger partial charge in [-0.3, -0.25) is 0 Å². The average Bonchev–Trinajstić information content (AvgIpc) is 2.26. The third kappa shape index (κ3) is 2.46. The molecule has 88 valence electrons. The Morgan fingerprint density at radius 3 is 2.44 bits per heavy atom. The van der Waals surface area contributed by atoms with Crippen LogP contribution in [0.2, 0.25) is 0 Å². The van der Waals surface area contributed by atoms with Gasteiger partial charge in [0.05, 0.1) is 19.8 Å². The largest absolute Gasteiger partial charge is 0.480 e. The van der Waals surface area contributed by atoms with Crippen LogP contribution in [0.4, 0.5) is 0 Å². The van der Waals surface area contributed by atoms with Gasteiger partial charge in [-0.05, 0) is 19.9 Å². The van der Waals surface area contributed by atoms with Gasteiger partial charge < -0.3 is 14.6 Å². The van der Waals surface area contributed by atoms with E-state index in [0.29, 0.717) is 5.56 Å². The number of aromatic nitrogens is 2. The summed E-state index contributed by atoms with van der Waals surface area (Å²) in [5, 5.41) is 17.2. The number of carbonyl (C=O) groups is 1. The standard InChI is InChI=1S/C10H14N2O4/c1-10(2,14)6-5-7(9(13)16-4)11-12-8(6)15-3/h5,14H,1-4H3. The fraction of sp³-hybridized carbons (Fsp3) is 0.500. The summed E-state index contributed by atoms with van der Waals surface area (Å²) in [7, 11) is 2.66. The van der Waals surface area contributed by atoms with Crippen molar-refractivity contribution in [2.45, 2.75) is 19.4 Å². The van der Waals surface area contributed by atoms with E-state index in [1.165, 1.54) is 20.3 Å². The topological polar surface area (TPSA) is 81.5 Å². The van der Waals surface area contributed by atoms with Gasteiger partial charge in [0.25, 0.3) is 0 Å². The number of rotatable bonds is 3. The molecule has 0 fully saturated rings. The van der Waals surface area contributed by atoms with Crippen molar-refractivity contribution in [2.75, 3.05) is 14.2 Å². The fourth-order valence-electron chi connectivity index (χ4n) is 1.17. The molecular formula is C10H14N2O4. The lowest BCUT2D eigenvalue weighted by atomic mass is 9.99. The first kappa shape index (κ1) is 12.4. The second-order valence-corrected chi connectivity index (χ2v) is 3.70. The zero-order valence-corrected chi connectivity index (χ0v) is 9.64. The molecule has 1 aromatic heterocycles. The van der Waals surface area contributed by atoms with Gasteiger partial charge in [-0.1, -0.05) is 0 Å². The molecule has 6 heteroatoms. The maximum atomic E-state index is 11.2. The normalized spacial score (nSPS) is 11.1. The summed E-state index contributed by atoms with van der Waals surface area (Å²) in [5.74, 6) is -0.430. The van der Waals surface area contributed by atoms with Crippen molar-refractivity contribution in [3.63, 3.8) is 0 Å². The molecule has 1 heterocycles. The Hall–Kier alpha value is -1.69. The average molecular weight is 226 g/mol. The third-order valence-electron chi connectivity index (χ3n) is 2.01. The van der Waals surface area contributed by atoms with Crippen LogP contribution in [-0.2, 0) is 10.3 Å². The van der Waals surface area contributed by atoms with Gasteiger partial charge in [0.1, 0.15) is 0 Å². The molecule has 0 saturated carbocycles. The zero-order valence-electron chi connectivity index (χ0n) is 9.64. The molecule has 0 aliphatic carbocycles. The molecule has 1 rings (SSSR count). The van der Waals surface area contributed by atoms with Crippen LogP contribution in [0.25, 0.3) is 0 Å². The number of ether oxygens (including phenoxy) is 2. The Morgan fingerprint density at radius 2 is 2.00 bits per heavy atom. The van der Waals surface area contributed by atoms with E-state index in [2.05, 4.69) is 14.9 Å². The Balaban J connectivity index is 3.27. The molecule has 0 saturated heterocycles. The van der Waals surface area contributed by atoms with Crippen molar-refractivity contribution in [3.8, 4) is 5.88 Å². The minimum atomic E-state index is -1.18. The van der Waals surface area contributed by atoms with Crippen LogP contribution in [0.5, 0.6) is 5.88 Å². The molecule has 1 N–H and O–H groups in total. The third-order valence-corrected chi connectivity index (χ3v) is 2.01. The van der Waals surface area contributed by atoms with Crippen LogP contribution in [0, 0.1) is 0 Å². The molecule has 0 unspecified atom stereocenters. The fourth-order valence-corrected chi connectivity index (χ4v) is 1.17. The molecule has 0 radical (unpaired) electrons. The number of carbonyl (C=O) groups excluding carboxylic acids is 1. The lowest BCUT2D eigenvalue weighted by Crippen LogP contribution is -2.20. The quantitative estimate of drug-likeness (QED) is 0.756. The smallest absolute Gasteiger partial charge is 0.358 e. The first-order chi connectivity index (χ1) is 7.40. The van der Waals surface area contributed by atoms with E-state index in [9.17, 15) is 9.90 Å². The molecule has 0 aliphatic rings. The summed E-state index contributed by atoms with van der Waals surface area (Å²) in [6.07, 6.45) is 0. The van der Waals surface area contributed by atoms with Gasteiger partial charge in [-0.15, -0.1) is 10.2 Å². The van der Waals surface area contributed by atoms with Crippen LogP contribution in [-0.4, -0.2) is 35.5 Å². The number of methoxy groups -OCH3 is 2. The minimum Gasteiger partial charge on any atom is -0.480 e. The number of esters is 1. The van der Waals surface area contributed by atoms with Crippen molar-refractivity contribution < 1.29 is 19.4 Å². The highest BCUT2D eigenvalue weighted by Gasteiger charge is 2.24. The minimum absolute atomic E-state index is 0.0282. The van der Waals surface area contributed by atoms with Crippen molar-refractivity contribution in [1.29, 1.82) is 0 Å². The Bertz CT molecular complexity index is 398. The highest BCUT2D eigenvalue weighted by Crippen LogP contribution is 2.27. The van der Waals surface area contributed by atoms with Crippen LogP contribution in [0.3, 0.4) is 0 Å². The van der Waals surface area contributed by atoms with E-state index < -0.39 is 11.6 Å². The van der Waals surface area contributed by atoms with Gasteiger partial charge in [0.15, 0.2) is 5.69 Å². The van der Waals surface area contributed by atoms with E-state index >= 15 is 0 Å². The summed E-state index contributed by atoms with van der Waals surface area (Å²) >= 11 is 0. The highest BCUT2D eigenvalue weighted by atomic mass is 16.5. The Labute approximate surface area is 93.2 Å². The van der Waals surface area contributed by atoms with Crippen molar-refractivity contribution in [3.05, 3.63) is 17.3 Å². The molecule has 0 amide bonds. The van der Waals surface area contributed by atoms with Crippen LogP contribution in [0.1, 0.15) is 29.9 Å². The summed E-state index contributed by atoms with van der Waals surface area (Å²) in [6.45, 7) is 3.13. The first-order valence-electron chi connectivity index (χ1n) is 4.63. The lowest BCUT2D eigenvalue weighted by molar-refractivity contribution is 0.0587. The lowest BCUT2D eigenvalue weighted by Gasteiger charge is -2.19. The number of hydrogen-bond donors (Lipinski definition) is 1. The second kappa shape index (κ2) is 4.44. The number of hydrogen-bond acceptors (Lipinski definition) is 6. The van der Waals surface area contributed by atoms with Gasteiger partial charge in [0, 0.05) is 5.56 Å². The molecule has 0 atom stereocenters. The Kier molecular flexibility index (Phi) is 3.44. The highest BCUT2D eigenvalue weighted by molar-refractivity contribution is 5.87. The molecule has 0 aliphatic heterocycles. The molecule has 1 aromatic rings. The van der Waals surface area contributed by atoms with Crippen LogP contribution >= 0.6 is 0 Å². The van der Waals surface area contributed by atoms with E-state index in [1.54, 1.807) is 13.8 Å². The van der Waals surface area contributed by atoms with Gasteiger partial charge >= 0.3 is 5.97 Å². The first-order valence-corrected chi connectivity index (χ1v) is 4.63. The predicted octanol–water partition coefficient (Wildman–Crippen LogP) is 0.499. The summed E-state index contributed by atoms with van der Waals surface area (Å²) in [5.41, 5.74) is -0.768. The zero-order chi connectivity index (χ0) is 12.3. The molecular weight excluding hydrogens is 212 g/mol. The van der Waals surface area contributed by atoms with Crippen LogP contribution < -0.4 is 4.74 Å². The summed E-state index contributed by atoms with van der Waals surface area (Å²) in [6, 6.07) is 1.40. The maximum absolute atomic E-state index is 11.2. The van der Waals surface area contributed by atoms with Crippen molar-refractivity contribution >= 4 is 5.97 Å². The van der Waals surface area contributed by atoms with E-state index in [1.807, 2.05) is 0 Å². The molecule has 0 aromatic carbocycles. The van der Waals surface area contributed by atoms with Gasteiger partial charge in [-0.25, -0.2) is 4.79 Å². The van der Waals surface area contributed by atoms with Crippen molar-refractivity contribution in [2.24, 2.45) is 0 Å². The molecule has 0 bridgehead atoms. The summed E-state index contributed by atoms with van der Waals surface area (Å²) < 4.78 is 9.47. The van der Waals surface area contributed by atoms with Gasteiger partial charge in [-0.2, -0.15) is 0 Å². The monoisotopic (exact) mass is 226 g/mol. The number of aliphatic hydroxyl groups is 1. The molecule has 16 heavy (non-hydrogen) atoms. The second-order valence-electron chi connectivity index (χ2n) is 3.70. The van der Waals surface area contributed by atoms with Gasteiger partial charge in [0.2, 0.25) is 5.88 Å². The SMILES string of the molecule is COC(=O)c1cc(C(C)(C)O)c(OC)nn1. The van der Waals surface area contributed by atoms with E-state index in [0.717, 1.165) is 0 Å². The predicted molar refractivity (Wildman–Crippen MR) is 55.2 cm³/mol. The van der Waals surface area contributed by atoms with Crippen molar-refractivity contribution in [1.82, 2.24) is 10.2 Å². The van der Waals surface area contributed by atoms with E-state index in [-0.39, 0.29) is 11.6 Å².